The molecule has 0 saturated carbocycles. The third kappa shape index (κ3) is 2.78. The van der Waals surface area contributed by atoms with E-state index in [1.54, 1.807) is 30.6 Å². The minimum absolute atomic E-state index is 0.337. The first-order chi connectivity index (χ1) is 9.15. The number of hydrogen-bond acceptors (Lipinski definition) is 2. The van der Waals surface area contributed by atoms with Gasteiger partial charge in [0.2, 0.25) is 0 Å². The van der Waals surface area contributed by atoms with Crippen LogP contribution in [0.5, 0.6) is 0 Å². The molecule has 2 nitrogen and oxygen atoms in total. The minimum Gasteiger partial charge on any atom is -0.264 e. The minimum atomic E-state index is 0.337. The highest BCUT2D eigenvalue weighted by Crippen LogP contribution is 2.34. The first-order valence-electron chi connectivity index (χ1n) is 5.61. The van der Waals surface area contributed by atoms with E-state index in [-0.39, 0.29) is 0 Å². The number of pyridine rings is 1. The molecule has 1 aromatic heterocycles. The molecular formula is C15H10Cl2N2. The third-order valence-corrected chi connectivity index (χ3v) is 3.60. The summed E-state index contributed by atoms with van der Waals surface area (Å²) in [5, 5.41) is 10.2. The average molecular weight is 289 g/mol. The summed E-state index contributed by atoms with van der Waals surface area (Å²) in [7, 11) is 0. The maximum atomic E-state index is 9.31. The van der Waals surface area contributed by atoms with Gasteiger partial charge in [0.15, 0.2) is 0 Å². The number of benzene rings is 1. The third-order valence-electron chi connectivity index (χ3n) is 2.71. The quantitative estimate of drug-likeness (QED) is 0.753. The molecule has 0 aliphatic heterocycles. The molecule has 0 saturated heterocycles. The van der Waals surface area contributed by atoms with E-state index in [0.717, 1.165) is 5.56 Å². The fourth-order valence-electron chi connectivity index (χ4n) is 1.70. The number of hydrogen-bond donors (Lipinski definition) is 0. The standard InChI is InChI=1S/C15H10Cl2N2/c1-10-4-2-6-12(14(10)16)15(17)13(8-18)11-5-3-7-19-9-11/h2-7,9H,1H3/b15-13+. The Balaban J connectivity index is 2.63. The van der Waals surface area contributed by atoms with Gasteiger partial charge in [0, 0.05) is 23.5 Å². The molecule has 19 heavy (non-hydrogen) atoms. The van der Waals surface area contributed by atoms with E-state index in [1.165, 1.54) is 0 Å². The first-order valence-corrected chi connectivity index (χ1v) is 6.36. The van der Waals surface area contributed by atoms with E-state index in [2.05, 4.69) is 11.1 Å². The van der Waals surface area contributed by atoms with Gasteiger partial charge in [-0.3, -0.25) is 4.98 Å². The number of nitrogens with zero attached hydrogens (tertiary/aromatic N) is 2. The van der Waals surface area contributed by atoms with Crippen LogP contribution in [0.15, 0.2) is 42.7 Å². The zero-order chi connectivity index (χ0) is 13.8. The van der Waals surface area contributed by atoms with Crippen LogP contribution in [-0.4, -0.2) is 4.98 Å². The Hall–Kier alpha value is -1.82. The van der Waals surface area contributed by atoms with Crippen LogP contribution in [0.3, 0.4) is 0 Å². The lowest BCUT2D eigenvalue weighted by molar-refractivity contribution is 1.31. The monoisotopic (exact) mass is 288 g/mol. The molecule has 0 aliphatic rings. The Morgan fingerprint density at radius 3 is 2.68 bits per heavy atom. The Morgan fingerprint density at radius 2 is 2.05 bits per heavy atom. The normalized spacial score (nSPS) is 11.7. The zero-order valence-electron chi connectivity index (χ0n) is 10.2. The summed E-state index contributed by atoms with van der Waals surface area (Å²) in [6.45, 7) is 1.89. The van der Waals surface area contributed by atoms with Gasteiger partial charge < -0.3 is 0 Å². The summed E-state index contributed by atoms with van der Waals surface area (Å²) in [5.41, 5.74) is 2.61. The Bertz CT molecular complexity index is 670. The van der Waals surface area contributed by atoms with Gasteiger partial charge in [-0.15, -0.1) is 0 Å². The lowest BCUT2D eigenvalue weighted by atomic mass is 10.0. The summed E-state index contributed by atoms with van der Waals surface area (Å²) in [6.07, 6.45) is 3.25. The van der Waals surface area contributed by atoms with Gasteiger partial charge in [0.25, 0.3) is 0 Å². The van der Waals surface area contributed by atoms with E-state index in [4.69, 9.17) is 23.2 Å². The number of rotatable bonds is 2. The van der Waals surface area contributed by atoms with Gasteiger partial charge in [-0.1, -0.05) is 47.5 Å². The van der Waals surface area contributed by atoms with Crippen molar-refractivity contribution in [1.29, 1.82) is 5.26 Å². The highest BCUT2D eigenvalue weighted by Gasteiger charge is 2.13. The predicted molar refractivity (Wildman–Crippen MR) is 78.7 cm³/mol. The van der Waals surface area contributed by atoms with Crippen molar-refractivity contribution in [3.05, 3.63) is 64.4 Å². The highest BCUT2D eigenvalue weighted by atomic mass is 35.5. The number of allylic oxidation sites excluding steroid dienone is 1. The molecular weight excluding hydrogens is 279 g/mol. The van der Waals surface area contributed by atoms with Gasteiger partial charge >= 0.3 is 0 Å². The molecule has 0 N–H and O–H groups in total. The molecule has 0 amide bonds. The summed E-state index contributed by atoms with van der Waals surface area (Å²) in [5.74, 6) is 0. The Morgan fingerprint density at radius 1 is 1.26 bits per heavy atom. The molecule has 0 fully saturated rings. The first kappa shape index (κ1) is 13.6. The molecule has 2 rings (SSSR count). The van der Waals surface area contributed by atoms with Crippen LogP contribution in [0.4, 0.5) is 0 Å². The number of halogens is 2. The fraction of sp³-hybridized carbons (Fsp3) is 0.0667. The van der Waals surface area contributed by atoms with Crippen molar-refractivity contribution in [2.24, 2.45) is 0 Å². The van der Waals surface area contributed by atoms with Crippen molar-refractivity contribution < 1.29 is 0 Å². The Kier molecular flexibility index (Phi) is 4.21. The van der Waals surface area contributed by atoms with Crippen molar-refractivity contribution in [2.75, 3.05) is 0 Å². The van der Waals surface area contributed by atoms with Crippen LogP contribution < -0.4 is 0 Å². The molecule has 0 aliphatic carbocycles. The molecule has 0 unspecified atom stereocenters. The van der Waals surface area contributed by atoms with Crippen LogP contribution in [0.2, 0.25) is 5.02 Å². The van der Waals surface area contributed by atoms with Crippen molar-refractivity contribution in [2.45, 2.75) is 6.92 Å². The number of nitriles is 1. The van der Waals surface area contributed by atoms with E-state index in [9.17, 15) is 5.26 Å². The summed E-state index contributed by atoms with van der Waals surface area (Å²) in [6, 6.07) is 11.2. The highest BCUT2D eigenvalue weighted by molar-refractivity contribution is 6.54. The van der Waals surface area contributed by atoms with Crippen LogP contribution in [0.25, 0.3) is 10.6 Å². The van der Waals surface area contributed by atoms with Gasteiger partial charge in [-0.25, -0.2) is 0 Å². The number of aryl methyl sites for hydroxylation is 1. The molecule has 94 valence electrons. The Labute approximate surface area is 121 Å². The van der Waals surface area contributed by atoms with Crippen LogP contribution in [0, 0.1) is 18.3 Å². The smallest absolute Gasteiger partial charge is 0.101 e. The van der Waals surface area contributed by atoms with Crippen LogP contribution in [0.1, 0.15) is 16.7 Å². The largest absolute Gasteiger partial charge is 0.264 e. The maximum Gasteiger partial charge on any atom is 0.101 e. The second-order valence-corrected chi connectivity index (χ2v) is 4.73. The predicted octanol–water partition coefficient (Wildman–Crippen LogP) is 4.67. The fourth-order valence-corrected chi connectivity index (χ4v) is 2.28. The molecule has 4 heteroatoms. The van der Waals surface area contributed by atoms with E-state index >= 15 is 0 Å². The van der Waals surface area contributed by atoms with Crippen molar-refractivity contribution in [3.8, 4) is 6.07 Å². The average Bonchev–Trinajstić information content (AvgIpc) is 2.44. The van der Waals surface area contributed by atoms with Crippen molar-refractivity contribution in [3.63, 3.8) is 0 Å². The lowest BCUT2D eigenvalue weighted by Crippen LogP contribution is -1.89. The van der Waals surface area contributed by atoms with Crippen LogP contribution >= 0.6 is 23.2 Å². The molecule has 1 aromatic carbocycles. The molecule has 0 atom stereocenters. The van der Waals surface area contributed by atoms with Gasteiger partial charge in [0.1, 0.15) is 6.07 Å². The summed E-state index contributed by atoms with van der Waals surface area (Å²) in [4.78, 5) is 3.99. The van der Waals surface area contributed by atoms with Crippen molar-refractivity contribution in [1.82, 2.24) is 4.98 Å². The van der Waals surface area contributed by atoms with Gasteiger partial charge in [-0.2, -0.15) is 5.26 Å². The summed E-state index contributed by atoms with van der Waals surface area (Å²) < 4.78 is 0. The van der Waals surface area contributed by atoms with Gasteiger partial charge in [0.05, 0.1) is 15.6 Å². The van der Waals surface area contributed by atoms with Crippen molar-refractivity contribution >= 4 is 33.8 Å². The van der Waals surface area contributed by atoms with E-state index in [0.29, 0.717) is 26.8 Å². The number of aromatic nitrogens is 1. The maximum absolute atomic E-state index is 9.31. The topological polar surface area (TPSA) is 36.7 Å². The molecule has 1 heterocycles. The summed E-state index contributed by atoms with van der Waals surface area (Å²) >= 11 is 12.6. The van der Waals surface area contributed by atoms with Gasteiger partial charge in [-0.05, 0) is 18.6 Å². The lowest BCUT2D eigenvalue weighted by Gasteiger charge is -2.08. The van der Waals surface area contributed by atoms with Crippen LogP contribution in [-0.2, 0) is 0 Å². The molecule has 0 spiro atoms. The van der Waals surface area contributed by atoms with E-state index in [1.807, 2.05) is 19.1 Å². The van der Waals surface area contributed by atoms with E-state index < -0.39 is 0 Å². The second-order valence-electron chi connectivity index (χ2n) is 3.98. The second kappa shape index (κ2) is 5.88. The zero-order valence-corrected chi connectivity index (χ0v) is 11.7. The molecule has 0 bridgehead atoms. The molecule has 2 aromatic rings. The SMILES string of the molecule is Cc1cccc(/C(Cl)=C(/C#N)c2cccnc2)c1Cl. The molecule has 0 radical (unpaired) electrons.